The fourth-order valence-electron chi connectivity index (χ4n) is 2.14. The molecule has 3 rings (SSSR count). The normalized spacial score (nSPS) is 10.5. The number of nitrogens with one attached hydrogen (secondary N) is 1. The van der Waals surface area contributed by atoms with Crippen molar-refractivity contribution in [3.05, 3.63) is 54.6 Å². The molecule has 0 saturated carbocycles. The van der Waals surface area contributed by atoms with Crippen LogP contribution in [-0.4, -0.2) is 26.8 Å². The van der Waals surface area contributed by atoms with Crippen LogP contribution in [0.1, 0.15) is 5.56 Å². The number of benzene rings is 1. The molecule has 3 aromatic rings. The number of aromatic nitrogens is 4. The van der Waals surface area contributed by atoms with E-state index in [9.17, 15) is 0 Å². The summed E-state index contributed by atoms with van der Waals surface area (Å²) in [5, 5.41) is 7.45. The molecule has 0 spiro atoms. The van der Waals surface area contributed by atoms with E-state index in [1.165, 1.54) is 6.33 Å². The molecule has 0 saturated heterocycles. The van der Waals surface area contributed by atoms with E-state index in [0.717, 1.165) is 28.3 Å². The van der Waals surface area contributed by atoms with E-state index in [1.807, 2.05) is 44.6 Å². The summed E-state index contributed by atoms with van der Waals surface area (Å²) in [5.41, 5.74) is 3.17. The van der Waals surface area contributed by atoms with Crippen LogP contribution < -0.4 is 5.32 Å². The average Bonchev–Trinajstić information content (AvgIpc) is 2.98. The Labute approximate surface area is 117 Å². The highest BCUT2D eigenvalue weighted by molar-refractivity contribution is 5.62. The van der Waals surface area contributed by atoms with Gasteiger partial charge < -0.3 is 5.32 Å². The smallest absolute Gasteiger partial charge is 0.161 e. The highest BCUT2D eigenvalue weighted by Crippen LogP contribution is 2.21. The van der Waals surface area contributed by atoms with Crippen LogP contribution >= 0.6 is 0 Å². The van der Waals surface area contributed by atoms with Gasteiger partial charge in [-0.2, -0.15) is 5.10 Å². The Kier molecular flexibility index (Phi) is 3.16. The molecule has 0 bridgehead atoms. The molecular formula is C15H15N5. The van der Waals surface area contributed by atoms with E-state index in [0.29, 0.717) is 0 Å². The fourth-order valence-corrected chi connectivity index (χ4v) is 2.14. The van der Waals surface area contributed by atoms with Crippen molar-refractivity contribution >= 4 is 5.82 Å². The zero-order chi connectivity index (χ0) is 13.9. The summed E-state index contributed by atoms with van der Waals surface area (Å²) < 4.78 is 1.78. The number of rotatable bonds is 3. The van der Waals surface area contributed by atoms with Crippen molar-refractivity contribution in [3.8, 4) is 16.9 Å². The third-order valence-electron chi connectivity index (χ3n) is 3.20. The van der Waals surface area contributed by atoms with Gasteiger partial charge in [0.2, 0.25) is 0 Å². The lowest BCUT2D eigenvalue weighted by atomic mass is 10.1. The van der Waals surface area contributed by atoms with Crippen molar-refractivity contribution < 1.29 is 0 Å². The quantitative estimate of drug-likeness (QED) is 0.791. The van der Waals surface area contributed by atoms with Gasteiger partial charge in [0.25, 0.3) is 0 Å². The van der Waals surface area contributed by atoms with E-state index in [2.05, 4.69) is 32.5 Å². The summed E-state index contributed by atoms with van der Waals surface area (Å²) in [6, 6.07) is 10.2. The second kappa shape index (κ2) is 5.13. The first kappa shape index (κ1) is 12.3. The summed E-state index contributed by atoms with van der Waals surface area (Å²) in [7, 11) is 1.84. The molecular weight excluding hydrogens is 250 g/mol. The minimum atomic E-state index is 0.784. The van der Waals surface area contributed by atoms with Crippen molar-refractivity contribution in [2.24, 2.45) is 0 Å². The van der Waals surface area contributed by atoms with Gasteiger partial charge in [-0.3, -0.25) is 0 Å². The minimum Gasteiger partial charge on any atom is -0.373 e. The Morgan fingerprint density at radius 1 is 1.05 bits per heavy atom. The van der Waals surface area contributed by atoms with Crippen LogP contribution in [0.4, 0.5) is 5.82 Å². The Balaban J connectivity index is 2.03. The van der Waals surface area contributed by atoms with Crippen LogP contribution in [0.2, 0.25) is 0 Å². The number of nitrogens with zero attached hydrogens (tertiary/aromatic N) is 4. The fraction of sp³-hybridized carbons (Fsp3) is 0.133. The number of anilines is 1. The molecule has 0 aliphatic heterocycles. The zero-order valence-corrected chi connectivity index (χ0v) is 11.4. The summed E-state index contributed by atoms with van der Waals surface area (Å²) in [5.74, 6) is 1.60. The third kappa shape index (κ3) is 2.14. The Bertz CT molecular complexity index is 718. The second-order valence-electron chi connectivity index (χ2n) is 4.46. The standard InChI is InChI=1S/C15H15N5/c1-11-14(16-2)17-10-18-15(11)20-9-13(8-19-20)12-6-4-3-5-7-12/h3-10H,1-2H3,(H,16,17,18). The van der Waals surface area contributed by atoms with E-state index < -0.39 is 0 Å². The maximum atomic E-state index is 4.40. The Hall–Kier alpha value is -2.69. The predicted octanol–water partition coefficient (Wildman–Crippen LogP) is 2.68. The first-order valence-corrected chi connectivity index (χ1v) is 6.39. The largest absolute Gasteiger partial charge is 0.373 e. The van der Waals surface area contributed by atoms with Crippen LogP contribution in [0.25, 0.3) is 16.9 Å². The van der Waals surface area contributed by atoms with Crippen LogP contribution in [-0.2, 0) is 0 Å². The van der Waals surface area contributed by atoms with Crippen molar-refractivity contribution in [1.82, 2.24) is 19.7 Å². The van der Waals surface area contributed by atoms with E-state index >= 15 is 0 Å². The van der Waals surface area contributed by atoms with Crippen molar-refractivity contribution in [2.75, 3.05) is 12.4 Å². The summed E-state index contributed by atoms with van der Waals surface area (Å²) in [4.78, 5) is 8.50. The molecule has 100 valence electrons. The van der Waals surface area contributed by atoms with Crippen molar-refractivity contribution in [1.29, 1.82) is 0 Å². The molecule has 0 unspecified atom stereocenters. The Morgan fingerprint density at radius 3 is 2.60 bits per heavy atom. The van der Waals surface area contributed by atoms with E-state index in [4.69, 9.17) is 0 Å². The Morgan fingerprint density at radius 2 is 1.85 bits per heavy atom. The molecule has 1 aromatic carbocycles. The van der Waals surface area contributed by atoms with Gasteiger partial charge in [-0.1, -0.05) is 30.3 Å². The molecule has 5 heteroatoms. The average molecular weight is 265 g/mol. The zero-order valence-electron chi connectivity index (χ0n) is 11.4. The topological polar surface area (TPSA) is 55.6 Å². The van der Waals surface area contributed by atoms with Crippen LogP contribution in [0.15, 0.2) is 49.1 Å². The van der Waals surface area contributed by atoms with Crippen molar-refractivity contribution in [3.63, 3.8) is 0 Å². The number of hydrogen-bond donors (Lipinski definition) is 1. The van der Waals surface area contributed by atoms with Gasteiger partial charge in [0, 0.05) is 24.4 Å². The van der Waals surface area contributed by atoms with E-state index in [-0.39, 0.29) is 0 Å². The molecule has 2 heterocycles. The van der Waals surface area contributed by atoms with Gasteiger partial charge in [-0.25, -0.2) is 14.6 Å². The summed E-state index contributed by atoms with van der Waals surface area (Å²) in [6.07, 6.45) is 5.36. The SMILES string of the molecule is CNc1ncnc(-n2cc(-c3ccccc3)cn2)c1C. The van der Waals surface area contributed by atoms with Gasteiger partial charge in [0.05, 0.1) is 6.20 Å². The van der Waals surface area contributed by atoms with Gasteiger partial charge in [-0.05, 0) is 12.5 Å². The van der Waals surface area contributed by atoms with Gasteiger partial charge in [-0.15, -0.1) is 0 Å². The van der Waals surface area contributed by atoms with Crippen molar-refractivity contribution in [2.45, 2.75) is 6.92 Å². The predicted molar refractivity (Wildman–Crippen MR) is 78.9 cm³/mol. The van der Waals surface area contributed by atoms with Crippen LogP contribution in [0.3, 0.4) is 0 Å². The molecule has 0 amide bonds. The van der Waals surface area contributed by atoms with E-state index in [1.54, 1.807) is 4.68 Å². The van der Waals surface area contributed by atoms with Gasteiger partial charge in [0.1, 0.15) is 12.1 Å². The van der Waals surface area contributed by atoms with Gasteiger partial charge >= 0.3 is 0 Å². The molecule has 20 heavy (non-hydrogen) atoms. The first-order valence-electron chi connectivity index (χ1n) is 6.39. The lowest BCUT2D eigenvalue weighted by Crippen LogP contribution is -2.05. The highest BCUT2D eigenvalue weighted by Gasteiger charge is 2.09. The third-order valence-corrected chi connectivity index (χ3v) is 3.20. The van der Waals surface area contributed by atoms with Gasteiger partial charge in [0.15, 0.2) is 5.82 Å². The summed E-state index contributed by atoms with van der Waals surface area (Å²) in [6.45, 7) is 1.98. The molecule has 0 radical (unpaired) electrons. The molecule has 2 aromatic heterocycles. The lowest BCUT2D eigenvalue weighted by molar-refractivity contribution is 0.830. The molecule has 5 nitrogen and oxygen atoms in total. The van der Waals surface area contributed by atoms with Crippen LogP contribution in [0, 0.1) is 6.92 Å². The maximum Gasteiger partial charge on any atom is 0.161 e. The lowest BCUT2D eigenvalue weighted by Gasteiger charge is -2.08. The minimum absolute atomic E-state index is 0.784. The first-order chi connectivity index (χ1) is 9.79. The molecule has 0 aliphatic carbocycles. The maximum absolute atomic E-state index is 4.40. The highest BCUT2D eigenvalue weighted by atomic mass is 15.3. The molecule has 1 N–H and O–H groups in total. The second-order valence-corrected chi connectivity index (χ2v) is 4.46. The molecule has 0 fully saturated rings. The monoisotopic (exact) mass is 265 g/mol. The van der Waals surface area contributed by atoms with Crippen LogP contribution in [0.5, 0.6) is 0 Å². The summed E-state index contributed by atoms with van der Waals surface area (Å²) >= 11 is 0. The molecule has 0 aliphatic rings. The number of hydrogen-bond acceptors (Lipinski definition) is 4. The molecule has 0 atom stereocenters.